The minimum atomic E-state index is -0.740. The number of hydrogen-bond donors (Lipinski definition) is 1. The van der Waals surface area contributed by atoms with Crippen molar-refractivity contribution in [1.82, 2.24) is 15.2 Å². The third-order valence-electron chi connectivity index (χ3n) is 6.88. The van der Waals surface area contributed by atoms with Crippen molar-refractivity contribution in [1.29, 1.82) is 0 Å². The first kappa shape index (κ1) is 21.8. The van der Waals surface area contributed by atoms with Crippen LogP contribution in [-0.2, 0) is 9.53 Å². The molecule has 3 aliphatic rings. The molecule has 1 saturated carbocycles. The summed E-state index contributed by atoms with van der Waals surface area (Å²) in [7, 11) is 1.47. The second kappa shape index (κ2) is 8.37. The summed E-state index contributed by atoms with van der Waals surface area (Å²) in [6.45, 7) is 2.18. The Bertz CT molecular complexity index is 1110. The van der Waals surface area contributed by atoms with Gasteiger partial charge in [-0.3, -0.25) is 9.59 Å². The molecule has 0 unspecified atom stereocenters. The van der Waals surface area contributed by atoms with E-state index >= 15 is 0 Å². The number of aryl methyl sites for hydroxylation is 1. The summed E-state index contributed by atoms with van der Waals surface area (Å²) in [5.41, 5.74) is 0.689. The summed E-state index contributed by atoms with van der Waals surface area (Å²) in [5.74, 6) is -1.32. The molecule has 0 spiro atoms. The Morgan fingerprint density at radius 1 is 1.21 bits per heavy atom. The van der Waals surface area contributed by atoms with Crippen molar-refractivity contribution in [2.24, 2.45) is 11.8 Å². The standard InChI is InChI=1S/C24H25F2N3O4/c1-12-5-18(26)16(9-17(12)25)22(15-10-33-11-15)28-23(30)20-7-14-6-19(14)29(20)24(31)13-3-4-27-21(8-13)32-2/h3-5,8-9,14-15,19-20,22H,6-7,10-11H2,1-2H3,(H,28,30)/t14-,19-,20-,22-/m1/s1. The van der Waals surface area contributed by atoms with Gasteiger partial charge in [0.2, 0.25) is 11.8 Å². The largest absolute Gasteiger partial charge is 0.481 e. The number of halogens is 2. The number of pyridine rings is 1. The molecule has 33 heavy (non-hydrogen) atoms. The van der Waals surface area contributed by atoms with Gasteiger partial charge in [-0.2, -0.15) is 0 Å². The zero-order valence-corrected chi connectivity index (χ0v) is 18.4. The van der Waals surface area contributed by atoms with Crippen LogP contribution in [0.5, 0.6) is 5.88 Å². The number of likely N-dealkylation sites (tertiary alicyclic amines) is 1. The van der Waals surface area contributed by atoms with Crippen molar-refractivity contribution < 1.29 is 27.8 Å². The van der Waals surface area contributed by atoms with Gasteiger partial charge in [-0.15, -0.1) is 0 Å². The van der Waals surface area contributed by atoms with E-state index in [9.17, 15) is 18.4 Å². The first-order valence-corrected chi connectivity index (χ1v) is 11.0. The van der Waals surface area contributed by atoms with Crippen LogP contribution >= 0.6 is 0 Å². The quantitative estimate of drug-likeness (QED) is 0.722. The molecule has 0 radical (unpaired) electrons. The number of fused-ring (bicyclic) bond motifs is 1. The number of methoxy groups -OCH3 is 1. The second-order valence-corrected chi connectivity index (χ2v) is 9.02. The normalized spacial score (nSPS) is 24.6. The molecule has 2 amide bonds. The minimum absolute atomic E-state index is 0.00597. The molecule has 1 aromatic heterocycles. The van der Waals surface area contributed by atoms with Gasteiger partial charge in [-0.05, 0) is 49.4 Å². The van der Waals surface area contributed by atoms with Gasteiger partial charge in [0.05, 0.1) is 26.4 Å². The minimum Gasteiger partial charge on any atom is -0.481 e. The van der Waals surface area contributed by atoms with Crippen LogP contribution in [0.1, 0.15) is 40.4 Å². The lowest BCUT2D eigenvalue weighted by molar-refractivity contribution is -0.128. The van der Waals surface area contributed by atoms with Gasteiger partial charge in [0.15, 0.2) is 0 Å². The Hall–Kier alpha value is -3.07. The molecule has 3 heterocycles. The highest BCUT2D eigenvalue weighted by molar-refractivity contribution is 5.99. The maximum absolute atomic E-state index is 14.8. The lowest BCUT2D eigenvalue weighted by Crippen LogP contribution is -2.51. The van der Waals surface area contributed by atoms with E-state index in [-0.39, 0.29) is 40.8 Å². The number of hydrogen-bond acceptors (Lipinski definition) is 5. The number of nitrogens with zero attached hydrogens (tertiary/aromatic N) is 2. The molecule has 2 aliphatic heterocycles. The highest BCUT2D eigenvalue weighted by Gasteiger charge is 2.56. The predicted octanol–water partition coefficient (Wildman–Crippen LogP) is 2.78. The fraction of sp³-hybridized carbons (Fsp3) is 0.458. The summed E-state index contributed by atoms with van der Waals surface area (Å²) in [6, 6.07) is 4.01. The summed E-state index contributed by atoms with van der Waals surface area (Å²) >= 11 is 0. The zero-order valence-electron chi connectivity index (χ0n) is 18.4. The number of nitrogens with one attached hydrogen (secondary N) is 1. The SMILES string of the molecule is COc1cc(C(=O)N2[C@@H](C(=O)N[C@@H](c3cc(F)c(C)cc3F)C3COC3)C[C@H]3C[C@H]32)ccn1. The van der Waals surface area contributed by atoms with E-state index in [4.69, 9.17) is 9.47 Å². The van der Waals surface area contributed by atoms with Crippen molar-refractivity contribution in [3.63, 3.8) is 0 Å². The summed E-state index contributed by atoms with van der Waals surface area (Å²) in [6.07, 6.45) is 2.89. The second-order valence-electron chi connectivity index (χ2n) is 9.02. The van der Waals surface area contributed by atoms with Crippen molar-refractivity contribution in [3.8, 4) is 5.88 Å². The van der Waals surface area contributed by atoms with E-state index in [0.29, 0.717) is 31.1 Å². The molecule has 1 aliphatic carbocycles. The van der Waals surface area contributed by atoms with Crippen LogP contribution in [0.3, 0.4) is 0 Å². The Balaban J connectivity index is 1.39. The molecule has 9 heteroatoms. The van der Waals surface area contributed by atoms with E-state index in [1.165, 1.54) is 20.2 Å². The molecule has 174 valence electrons. The monoisotopic (exact) mass is 457 g/mol. The zero-order chi connectivity index (χ0) is 23.3. The van der Waals surface area contributed by atoms with Gasteiger partial charge in [-0.1, -0.05) is 0 Å². The number of piperidine rings is 1. The van der Waals surface area contributed by atoms with Gasteiger partial charge < -0.3 is 19.7 Å². The third kappa shape index (κ3) is 3.94. The number of aromatic nitrogens is 1. The number of benzene rings is 1. The molecule has 1 N–H and O–H groups in total. The Labute approximate surface area is 190 Å². The smallest absolute Gasteiger partial charge is 0.255 e. The van der Waals surface area contributed by atoms with Crippen molar-refractivity contribution >= 4 is 11.8 Å². The molecular weight excluding hydrogens is 432 g/mol. The van der Waals surface area contributed by atoms with Gasteiger partial charge in [0.1, 0.15) is 17.7 Å². The maximum atomic E-state index is 14.8. The van der Waals surface area contributed by atoms with Gasteiger partial charge in [-0.25, -0.2) is 13.8 Å². The molecular formula is C24H25F2N3O4. The number of ether oxygens (including phenoxy) is 2. The fourth-order valence-corrected chi connectivity index (χ4v) is 4.83. The van der Waals surface area contributed by atoms with Crippen LogP contribution in [0.4, 0.5) is 8.78 Å². The lowest BCUT2D eigenvalue weighted by atomic mass is 9.90. The maximum Gasteiger partial charge on any atom is 0.255 e. The first-order valence-electron chi connectivity index (χ1n) is 11.0. The van der Waals surface area contributed by atoms with Crippen molar-refractivity contribution in [2.45, 2.75) is 37.9 Å². The number of amides is 2. The van der Waals surface area contributed by atoms with Crippen LogP contribution in [-0.4, -0.2) is 54.1 Å². The Kier molecular flexibility index (Phi) is 5.52. The lowest BCUT2D eigenvalue weighted by Gasteiger charge is -2.36. The molecule has 3 fully saturated rings. The number of carbonyl (C=O) groups excluding carboxylic acids is 2. The van der Waals surface area contributed by atoms with Crippen molar-refractivity contribution in [3.05, 3.63) is 58.8 Å². The molecule has 2 aromatic rings. The van der Waals surface area contributed by atoms with Crippen LogP contribution in [0.15, 0.2) is 30.5 Å². The summed E-state index contributed by atoms with van der Waals surface area (Å²) < 4.78 is 39.4. The first-order chi connectivity index (χ1) is 15.9. The summed E-state index contributed by atoms with van der Waals surface area (Å²) in [4.78, 5) is 32.3. The Morgan fingerprint density at radius 2 is 2.00 bits per heavy atom. The summed E-state index contributed by atoms with van der Waals surface area (Å²) in [5, 5.41) is 2.91. The van der Waals surface area contributed by atoms with Crippen LogP contribution in [0.25, 0.3) is 0 Å². The molecule has 2 saturated heterocycles. The van der Waals surface area contributed by atoms with Crippen LogP contribution < -0.4 is 10.1 Å². The van der Waals surface area contributed by atoms with E-state index in [1.807, 2.05) is 0 Å². The fourth-order valence-electron chi connectivity index (χ4n) is 4.83. The van der Waals surface area contributed by atoms with E-state index in [1.54, 1.807) is 17.0 Å². The van der Waals surface area contributed by atoms with E-state index in [0.717, 1.165) is 18.6 Å². The predicted molar refractivity (Wildman–Crippen MR) is 114 cm³/mol. The van der Waals surface area contributed by atoms with Gasteiger partial charge in [0, 0.05) is 35.3 Å². The van der Waals surface area contributed by atoms with Gasteiger partial charge in [0.25, 0.3) is 5.91 Å². The average molecular weight is 457 g/mol. The average Bonchev–Trinajstić information content (AvgIpc) is 3.43. The van der Waals surface area contributed by atoms with E-state index in [2.05, 4.69) is 10.3 Å². The van der Waals surface area contributed by atoms with Gasteiger partial charge >= 0.3 is 0 Å². The molecule has 1 aromatic carbocycles. The highest BCUT2D eigenvalue weighted by Crippen LogP contribution is 2.48. The van der Waals surface area contributed by atoms with Crippen molar-refractivity contribution in [2.75, 3.05) is 20.3 Å². The Morgan fingerprint density at radius 3 is 2.70 bits per heavy atom. The highest BCUT2D eigenvalue weighted by atomic mass is 19.1. The molecule has 7 nitrogen and oxygen atoms in total. The molecule has 5 rings (SSSR count). The van der Waals surface area contributed by atoms with Crippen LogP contribution in [0.2, 0.25) is 0 Å². The third-order valence-corrected chi connectivity index (χ3v) is 6.88. The number of rotatable bonds is 6. The molecule has 0 bridgehead atoms. The van der Waals surface area contributed by atoms with E-state index < -0.39 is 23.7 Å². The number of carbonyl (C=O) groups is 2. The molecule has 4 atom stereocenters. The topological polar surface area (TPSA) is 80.8 Å². The van der Waals surface area contributed by atoms with Crippen LogP contribution in [0, 0.1) is 30.4 Å².